The fraction of sp³-hybridized carbons (Fsp3) is 0.562. The first kappa shape index (κ1) is 28.7. The molecule has 4 heteroatoms. The summed E-state index contributed by atoms with van der Waals surface area (Å²) in [4.78, 5) is 0. The fourth-order valence-electron chi connectivity index (χ4n) is 5.56. The van der Waals surface area contributed by atoms with Crippen molar-refractivity contribution < 1.29 is 14.6 Å². The van der Waals surface area contributed by atoms with Crippen LogP contribution >= 0.6 is 0 Å². The van der Waals surface area contributed by atoms with Crippen LogP contribution in [0.5, 0.6) is 0 Å². The van der Waals surface area contributed by atoms with Gasteiger partial charge in [0.15, 0.2) is 5.60 Å². The van der Waals surface area contributed by atoms with E-state index in [-0.39, 0.29) is 5.04 Å². The van der Waals surface area contributed by atoms with E-state index in [1.807, 2.05) is 12.1 Å². The van der Waals surface area contributed by atoms with Gasteiger partial charge in [-0.25, -0.2) is 0 Å². The van der Waals surface area contributed by atoms with Gasteiger partial charge in [0.05, 0.1) is 12.2 Å². The van der Waals surface area contributed by atoms with Crippen LogP contribution < -0.4 is 10.4 Å². The second-order valence-corrected chi connectivity index (χ2v) is 15.6. The average molecular weight is 507 g/mol. The molecule has 196 valence electrons. The summed E-state index contributed by atoms with van der Waals surface area (Å²) >= 11 is 0. The number of benzene rings is 2. The smallest absolute Gasteiger partial charge is 0.261 e. The minimum absolute atomic E-state index is 0.199. The van der Waals surface area contributed by atoms with E-state index in [0.717, 1.165) is 12.8 Å². The molecule has 0 radical (unpaired) electrons. The van der Waals surface area contributed by atoms with E-state index in [2.05, 4.69) is 88.1 Å². The van der Waals surface area contributed by atoms with Crippen molar-refractivity contribution in [3.63, 3.8) is 0 Å². The lowest BCUT2D eigenvalue weighted by Gasteiger charge is -2.46. The summed E-state index contributed by atoms with van der Waals surface area (Å²) in [5.74, 6) is 6.31. The summed E-state index contributed by atoms with van der Waals surface area (Å²) in [7, 11) is -2.85. The molecule has 1 aliphatic carbocycles. The van der Waals surface area contributed by atoms with Gasteiger partial charge < -0.3 is 14.6 Å². The molecule has 0 amide bonds. The third-order valence-electron chi connectivity index (χ3n) is 7.63. The lowest BCUT2D eigenvalue weighted by molar-refractivity contribution is -0.0640. The molecule has 1 fully saturated rings. The van der Waals surface area contributed by atoms with Crippen molar-refractivity contribution in [2.24, 2.45) is 0 Å². The van der Waals surface area contributed by atoms with Crippen LogP contribution in [-0.4, -0.2) is 36.3 Å². The Morgan fingerprint density at radius 3 is 1.92 bits per heavy atom. The summed E-state index contributed by atoms with van der Waals surface area (Å²) in [5.41, 5.74) is -1.55. The Balaban J connectivity index is 1.85. The topological polar surface area (TPSA) is 49.7 Å². The maximum absolute atomic E-state index is 11.7. The molecule has 0 aliphatic heterocycles. The first-order chi connectivity index (χ1) is 17.3. The van der Waals surface area contributed by atoms with Gasteiger partial charge in [-0.05, 0) is 34.7 Å². The summed E-state index contributed by atoms with van der Waals surface area (Å²) in [6, 6.07) is 20.9. The highest BCUT2D eigenvalue weighted by Gasteiger charge is 2.57. The number of unbranched alkanes of at least 4 members (excludes halogenated alkanes) is 7. The molecular formula is C32H46O3Si. The zero-order chi connectivity index (χ0) is 26.1. The number of hydrogen-bond acceptors (Lipinski definition) is 3. The maximum Gasteiger partial charge on any atom is 0.261 e. The van der Waals surface area contributed by atoms with Crippen molar-refractivity contribution in [2.75, 3.05) is 0 Å². The minimum atomic E-state index is -2.85. The van der Waals surface area contributed by atoms with Crippen molar-refractivity contribution in [3.8, 4) is 11.8 Å². The largest absolute Gasteiger partial charge is 0.400 e. The normalized spacial score (nSPS) is 22.3. The lowest BCUT2D eigenvalue weighted by Crippen LogP contribution is -2.69. The number of aliphatic hydroxyl groups excluding tert-OH is 1. The van der Waals surface area contributed by atoms with Crippen LogP contribution in [-0.2, 0) is 4.43 Å². The Labute approximate surface area is 220 Å². The van der Waals surface area contributed by atoms with E-state index < -0.39 is 26.1 Å². The second kappa shape index (κ2) is 13.1. The van der Waals surface area contributed by atoms with Gasteiger partial charge in [0.1, 0.15) is 0 Å². The van der Waals surface area contributed by atoms with E-state index in [0.29, 0.717) is 12.8 Å². The molecule has 1 saturated carbocycles. The van der Waals surface area contributed by atoms with Gasteiger partial charge in [-0.15, -0.1) is 5.92 Å². The van der Waals surface area contributed by atoms with Gasteiger partial charge in [-0.1, -0.05) is 133 Å². The Morgan fingerprint density at radius 1 is 0.861 bits per heavy atom. The molecule has 1 aliphatic rings. The molecule has 2 N–H and O–H groups in total. The number of aliphatic hydroxyl groups is 2. The summed E-state index contributed by atoms with van der Waals surface area (Å²) < 4.78 is 7.18. The van der Waals surface area contributed by atoms with Crippen molar-refractivity contribution in [1.82, 2.24) is 0 Å². The third kappa shape index (κ3) is 6.50. The lowest BCUT2D eigenvalue weighted by atomic mass is 9.98. The van der Waals surface area contributed by atoms with Gasteiger partial charge in [-0.2, -0.15) is 0 Å². The molecule has 3 rings (SSSR count). The van der Waals surface area contributed by atoms with Crippen LogP contribution in [0, 0.1) is 11.8 Å². The van der Waals surface area contributed by atoms with E-state index in [4.69, 9.17) is 4.43 Å². The van der Waals surface area contributed by atoms with Crippen LogP contribution in [0.15, 0.2) is 60.7 Å². The summed E-state index contributed by atoms with van der Waals surface area (Å²) in [5, 5.41) is 24.7. The quantitative estimate of drug-likeness (QED) is 0.225. The molecular weight excluding hydrogens is 460 g/mol. The molecule has 3 atom stereocenters. The number of hydrogen-bond donors (Lipinski definition) is 2. The monoisotopic (exact) mass is 506 g/mol. The average Bonchev–Trinajstić information content (AvgIpc) is 3.14. The van der Waals surface area contributed by atoms with Crippen LogP contribution in [0.4, 0.5) is 0 Å². The molecule has 0 heterocycles. The van der Waals surface area contributed by atoms with E-state index in [1.165, 1.54) is 48.9 Å². The van der Waals surface area contributed by atoms with Gasteiger partial charge in [-0.3, -0.25) is 0 Å². The second-order valence-electron chi connectivity index (χ2n) is 11.4. The Kier molecular flexibility index (Phi) is 10.4. The standard InChI is InChI=1S/C32H46O3Si/c1-5-6-7-8-9-10-11-12-19-26-32(34)29(33)24-25-30(32)35-36(31(2,3)4,27-20-15-13-16-21-27)28-22-17-14-18-23-28/h13-18,20-23,29-30,33-34H,5-12,24-25H2,1-4H3/t29-,30-,32-/m0/s1. The molecule has 3 nitrogen and oxygen atoms in total. The molecule has 2 aromatic carbocycles. The predicted molar refractivity (Wildman–Crippen MR) is 153 cm³/mol. The first-order valence-corrected chi connectivity index (χ1v) is 15.9. The van der Waals surface area contributed by atoms with Crippen LogP contribution in [0.1, 0.15) is 91.9 Å². The third-order valence-corrected chi connectivity index (χ3v) is 12.7. The number of rotatable bonds is 11. The van der Waals surface area contributed by atoms with Crippen LogP contribution in [0.3, 0.4) is 0 Å². The molecule has 0 bridgehead atoms. The van der Waals surface area contributed by atoms with Gasteiger partial charge >= 0.3 is 0 Å². The molecule has 0 spiro atoms. The van der Waals surface area contributed by atoms with Gasteiger partial charge in [0, 0.05) is 6.42 Å². The fourth-order valence-corrected chi connectivity index (χ4v) is 10.3. The zero-order valence-corrected chi connectivity index (χ0v) is 23.8. The van der Waals surface area contributed by atoms with Crippen molar-refractivity contribution in [3.05, 3.63) is 60.7 Å². The Bertz CT molecular complexity index is 934. The van der Waals surface area contributed by atoms with E-state index in [1.54, 1.807) is 0 Å². The van der Waals surface area contributed by atoms with Gasteiger partial charge in [0.2, 0.25) is 0 Å². The zero-order valence-electron chi connectivity index (χ0n) is 22.8. The van der Waals surface area contributed by atoms with E-state index in [9.17, 15) is 10.2 Å². The summed E-state index contributed by atoms with van der Waals surface area (Å²) in [6.07, 6.45) is 9.02. The predicted octanol–water partition coefficient (Wildman–Crippen LogP) is 5.96. The van der Waals surface area contributed by atoms with Crippen molar-refractivity contribution >= 4 is 18.7 Å². The molecule has 0 aromatic heterocycles. The van der Waals surface area contributed by atoms with Crippen LogP contribution in [0.25, 0.3) is 0 Å². The highest BCUT2D eigenvalue weighted by Crippen LogP contribution is 2.42. The van der Waals surface area contributed by atoms with Crippen molar-refractivity contribution in [1.29, 1.82) is 0 Å². The van der Waals surface area contributed by atoms with E-state index >= 15 is 0 Å². The molecule has 36 heavy (non-hydrogen) atoms. The molecule has 0 unspecified atom stereocenters. The Morgan fingerprint density at radius 2 is 1.39 bits per heavy atom. The SMILES string of the molecule is CCCCCCCCCC#C[C@@]1(O)[C@@H](O[Si](c2ccccc2)(c2ccccc2)C(C)(C)C)CC[C@@H]1O. The Hall–Kier alpha value is -1.90. The first-order valence-electron chi connectivity index (χ1n) is 13.9. The highest BCUT2D eigenvalue weighted by molar-refractivity contribution is 6.99. The summed E-state index contributed by atoms with van der Waals surface area (Å²) in [6.45, 7) is 8.93. The molecule has 2 aromatic rings. The minimum Gasteiger partial charge on any atom is -0.400 e. The molecule has 0 saturated heterocycles. The van der Waals surface area contributed by atoms with Gasteiger partial charge in [0.25, 0.3) is 8.32 Å². The van der Waals surface area contributed by atoms with Crippen molar-refractivity contribution in [2.45, 2.75) is 115 Å². The highest BCUT2D eigenvalue weighted by atomic mass is 28.4. The van der Waals surface area contributed by atoms with Crippen LogP contribution in [0.2, 0.25) is 5.04 Å². The maximum atomic E-state index is 11.7.